The third-order valence-electron chi connectivity index (χ3n) is 2.16. The first-order valence-corrected chi connectivity index (χ1v) is 5.48. The topological polar surface area (TPSA) is 70.8 Å². The van der Waals surface area contributed by atoms with E-state index in [1.807, 2.05) is 0 Å². The number of esters is 1. The molecule has 0 saturated carbocycles. The van der Waals surface area contributed by atoms with Crippen LogP contribution in [-0.2, 0) is 19.0 Å². The zero-order chi connectivity index (χ0) is 12.4. The van der Waals surface area contributed by atoms with E-state index in [4.69, 9.17) is 19.9 Å². The Bertz CT molecular complexity index is 194. The molecule has 5 nitrogen and oxygen atoms in total. The normalized spacial score (nSPS) is 11.5. The molecular formula is C11H23NO4. The highest BCUT2D eigenvalue weighted by Crippen LogP contribution is 2.14. The quantitative estimate of drug-likeness (QED) is 0.465. The van der Waals surface area contributed by atoms with Crippen molar-refractivity contribution < 1.29 is 19.0 Å². The molecule has 16 heavy (non-hydrogen) atoms. The van der Waals surface area contributed by atoms with Gasteiger partial charge in [-0.15, -0.1) is 0 Å². The monoisotopic (exact) mass is 233 g/mol. The van der Waals surface area contributed by atoms with Gasteiger partial charge >= 0.3 is 5.97 Å². The average Bonchev–Trinajstić information content (AvgIpc) is 2.27. The largest absolute Gasteiger partial charge is 0.463 e. The lowest BCUT2D eigenvalue weighted by Gasteiger charge is -2.19. The van der Waals surface area contributed by atoms with Crippen LogP contribution in [0.4, 0.5) is 0 Å². The molecule has 0 atom stereocenters. The van der Waals surface area contributed by atoms with E-state index < -0.39 is 5.41 Å². The van der Waals surface area contributed by atoms with Crippen molar-refractivity contribution in [2.24, 2.45) is 11.1 Å². The molecular weight excluding hydrogens is 210 g/mol. The second kappa shape index (κ2) is 8.50. The summed E-state index contributed by atoms with van der Waals surface area (Å²) < 4.78 is 15.1. The summed E-state index contributed by atoms with van der Waals surface area (Å²) in [5.74, 6) is -0.282. The fraction of sp³-hybridized carbons (Fsp3) is 0.909. The SMILES string of the molecule is COCCCOCCOC(=O)C(C)(C)CN. The first-order chi connectivity index (χ1) is 7.54. The summed E-state index contributed by atoms with van der Waals surface area (Å²) in [6, 6.07) is 0. The first-order valence-electron chi connectivity index (χ1n) is 5.48. The predicted octanol–water partition coefficient (Wildman–Crippen LogP) is 0.568. The third kappa shape index (κ3) is 6.76. The molecule has 0 radical (unpaired) electrons. The van der Waals surface area contributed by atoms with Crippen LogP contribution in [0.2, 0.25) is 0 Å². The fourth-order valence-electron chi connectivity index (χ4n) is 0.879. The Balaban J connectivity index is 3.42. The van der Waals surface area contributed by atoms with E-state index in [0.717, 1.165) is 6.42 Å². The van der Waals surface area contributed by atoms with E-state index in [-0.39, 0.29) is 19.1 Å². The molecule has 0 aromatic rings. The Labute approximate surface area is 97.2 Å². The number of hydrogen-bond donors (Lipinski definition) is 1. The van der Waals surface area contributed by atoms with Crippen molar-refractivity contribution in [1.29, 1.82) is 0 Å². The van der Waals surface area contributed by atoms with E-state index >= 15 is 0 Å². The molecule has 0 aliphatic heterocycles. The molecule has 0 aliphatic carbocycles. The predicted molar refractivity (Wildman–Crippen MR) is 61.1 cm³/mol. The van der Waals surface area contributed by atoms with E-state index in [1.54, 1.807) is 21.0 Å². The van der Waals surface area contributed by atoms with Crippen LogP contribution in [0.5, 0.6) is 0 Å². The van der Waals surface area contributed by atoms with E-state index in [1.165, 1.54) is 0 Å². The van der Waals surface area contributed by atoms with Crippen molar-refractivity contribution in [3.8, 4) is 0 Å². The van der Waals surface area contributed by atoms with Crippen LogP contribution in [0.3, 0.4) is 0 Å². The van der Waals surface area contributed by atoms with Gasteiger partial charge in [0.25, 0.3) is 0 Å². The van der Waals surface area contributed by atoms with Crippen LogP contribution >= 0.6 is 0 Å². The third-order valence-corrected chi connectivity index (χ3v) is 2.16. The lowest BCUT2D eigenvalue weighted by atomic mass is 9.94. The molecule has 0 bridgehead atoms. The number of ether oxygens (including phenoxy) is 3. The standard InChI is InChI=1S/C11H23NO4/c1-11(2,9-12)10(13)16-8-7-15-6-4-5-14-3/h4-9,12H2,1-3H3. The number of hydrogen-bond acceptors (Lipinski definition) is 5. The Morgan fingerprint density at radius 3 is 2.44 bits per heavy atom. The van der Waals surface area contributed by atoms with Gasteiger partial charge in [0.15, 0.2) is 0 Å². The van der Waals surface area contributed by atoms with Gasteiger partial charge in [0, 0.05) is 26.9 Å². The summed E-state index contributed by atoms with van der Waals surface area (Å²) in [7, 11) is 1.65. The van der Waals surface area contributed by atoms with Crippen molar-refractivity contribution in [2.45, 2.75) is 20.3 Å². The Kier molecular flexibility index (Phi) is 8.15. The molecule has 0 fully saturated rings. The fourth-order valence-corrected chi connectivity index (χ4v) is 0.879. The van der Waals surface area contributed by atoms with E-state index in [9.17, 15) is 4.79 Å². The molecule has 0 unspecified atom stereocenters. The number of methoxy groups -OCH3 is 1. The minimum Gasteiger partial charge on any atom is -0.463 e. The van der Waals surface area contributed by atoms with Crippen LogP contribution in [0.15, 0.2) is 0 Å². The molecule has 2 N–H and O–H groups in total. The van der Waals surface area contributed by atoms with Crippen LogP contribution < -0.4 is 5.73 Å². The van der Waals surface area contributed by atoms with Gasteiger partial charge in [-0.25, -0.2) is 0 Å². The van der Waals surface area contributed by atoms with E-state index in [2.05, 4.69) is 0 Å². The number of carbonyl (C=O) groups excluding carboxylic acids is 1. The minimum atomic E-state index is -0.615. The van der Waals surface area contributed by atoms with Crippen LogP contribution in [-0.4, -0.2) is 46.1 Å². The molecule has 5 heteroatoms. The first kappa shape index (κ1) is 15.3. The molecule has 0 amide bonds. The van der Waals surface area contributed by atoms with Gasteiger partial charge in [-0.05, 0) is 20.3 Å². The number of carbonyl (C=O) groups is 1. The second-order valence-corrected chi connectivity index (χ2v) is 4.18. The van der Waals surface area contributed by atoms with Gasteiger partial charge in [-0.2, -0.15) is 0 Å². The zero-order valence-corrected chi connectivity index (χ0v) is 10.5. The minimum absolute atomic E-state index is 0.273. The smallest absolute Gasteiger partial charge is 0.312 e. The Morgan fingerprint density at radius 1 is 1.19 bits per heavy atom. The average molecular weight is 233 g/mol. The molecule has 0 aromatic heterocycles. The summed E-state index contributed by atoms with van der Waals surface area (Å²) in [6.07, 6.45) is 0.846. The van der Waals surface area contributed by atoms with Gasteiger partial charge in [0.2, 0.25) is 0 Å². The molecule has 96 valence electrons. The highest BCUT2D eigenvalue weighted by molar-refractivity contribution is 5.76. The molecule has 0 aliphatic rings. The zero-order valence-electron chi connectivity index (χ0n) is 10.5. The molecule has 0 heterocycles. The van der Waals surface area contributed by atoms with Gasteiger partial charge in [0.1, 0.15) is 6.61 Å². The second-order valence-electron chi connectivity index (χ2n) is 4.18. The Hall–Kier alpha value is -0.650. The number of nitrogens with two attached hydrogens (primary N) is 1. The van der Waals surface area contributed by atoms with Crippen molar-refractivity contribution in [1.82, 2.24) is 0 Å². The van der Waals surface area contributed by atoms with Gasteiger partial charge in [-0.3, -0.25) is 4.79 Å². The lowest BCUT2D eigenvalue weighted by Crippen LogP contribution is -2.34. The summed E-state index contributed by atoms with van der Waals surface area (Å²) in [6.45, 7) is 5.78. The maximum Gasteiger partial charge on any atom is 0.312 e. The maximum atomic E-state index is 11.5. The molecule has 0 spiro atoms. The van der Waals surface area contributed by atoms with Crippen molar-refractivity contribution >= 4 is 5.97 Å². The Morgan fingerprint density at radius 2 is 1.88 bits per heavy atom. The summed E-state index contributed by atoms with van der Waals surface area (Å²) >= 11 is 0. The lowest BCUT2D eigenvalue weighted by molar-refractivity contribution is -0.154. The summed E-state index contributed by atoms with van der Waals surface area (Å²) in [5.41, 5.74) is 4.83. The van der Waals surface area contributed by atoms with Gasteiger partial charge in [-0.1, -0.05) is 0 Å². The maximum absolute atomic E-state index is 11.5. The van der Waals surface area contributed by atoms with Crippen LogP contribution in [0.25, 0.3) is 0 Å². The van der Waals surface area contributed by atoms with Crippen molar-refractivity contribution in [3.05, 3.63) is 0 Å². The molecule has 0 aromatic carbocycles. The van der Waals surface area contributed by atoms with E-state index in [0.29, 0.717) is 19.8 Å². The van der Waals surface area contributed by atoms with Crippen LogP contribution in [0.1, 0.15) is 20.3 Å². The summed E-state index contributed by atoms with van der Waals surface area (Å²) in [4.78, 5) is 11.5. The highest BCUT2D eigenvalue weighted by Gasteiger charge is 2.27. The molecule has 0 saturated heterocycles. The van der Waals surface area contributed by atoms with Crippen molar-refractivity contribution in [3.63, 3.8) is 0 Å². The van der Waals surface area contributed by atoms with Crippen molar-refractivity contribution in [2.75, 3.05) is 40.1 Å². The van der Waals surface area contributed by atoms with Gasteiger partial charge < -0.3 is 19.9 Å². The van der Waals surface area contributed by atoms with Gasteiger partial charge in [0.05, 0.1) is 12.0 Å². The summed E-state index contributed by atoms with van der Waals surface area (Å²) in [5, 5.41) is 0. The highest BCUT2D eigenvalue weighted by atomic mass is 16.6. The number of rotatable bonds is 9. The van der Waals surface area contributed by atoms with Crippen LogP contribution in [0, 0.1) is 5.41 Å². The molecule has 0 rings (SSSR count).